The number of methoxy groups -OCH3 is 1. The van der Waals surface area contributed by atoms with Crippen molar-refractivity contribution in [1.29, 1.82) is 5.26 Å². The SMILES string of the molecule is CCC(=O)N(c1cc(C2=CCCCC2)sc1C(=O)OC)C1CCC(C#N)CC1. The van der Waals surface area contributed by atoms with E-state index in [9.17, 15) is 14.9 Å². The summed E-state index contributed by atoms with van der Waals surface area (Å²) in [6.45, 7) is 1.85. The van der Waals surface area contributed by atoms with E-state index < -0.39 is 0 Å². The second kappa shape index (κ2) is 9.38. The van der Waals surface area contributed by atoms with Gasteiger partial charge in [0, 0.05) is 23.3 Å². The summed E-state index contributed by atoms with van der Waals surface area (Å²) in [6, 6.07) is 4.39. The van der Waals surface area contributed by atoms with Gasteiger partial charge in [0.15, 0.2) is 0 Å². The first-order valence-corrected chi connectivity index (χ1v) is 11.0. The number of anilines is 1. The number of nitriles is 1. The first kappa shape index (κ1) is 20.6. The van der Waals surface area contributed by atoms with Crippen LogP contribution < -0.4 is 4.90 Å². The highest BCUT2D eigenvalue weighted by molar-refractivity contribution is 7.15. The number of nitrogens with zero attached hydrogens (tertiary/aromatic N) is 2. The van der Waals surface area contributed by atoms with Gasteiger partial charge in [0.25, 0.3) is 0 Å². The van der Waals surface area contributed by atoms with E-state index in [1.807, 2.05) is 17.9 Å². The van der Waals surface area contributed by atoms with Crippen LogP contribution in [0.25, 0.3) is 5.57 Å². The van der Waals surface area contributed by atoms with Gasteiger partial charge in [-0.2, -0.15) is 5.26 Å². The van der Waals surface area contributed by atoms with Gasteiger partial charge in [-0.1, -0.05) is 13.0 Å². The molecule has 2 aliphatic carbocycles. The number of allylic oxidation sites excluding steroid dienone is 2. The maximum atomic E-state index is 12.9. The molecule has 3 rings (SSSR count). The Labute approximate surface area is 171 Å². The van der Waals surface area contributed by atoms with Crippen molar-refractivity contribution in [3.63, 3.8) is 0 Å². The molecule has 2 aliphatic rings. The first-order valence-electron chi connectivity index (χ1n) is 10.2. The predicted molar refractivity (Wildman–Crippen MR) is 111 cm³/mol. The van der Waals surface area contributed by atoms with Crippen LogP contribution in [-0.2, 0) is 9.53 Å². The molecular weight excluding hydrogens is 372 g/mol. The topological polar surface area (TPSA) is 70.4 Å². The summed E-state index contributed by atoms with van der Waals surface area (Å²) >= 11 is 1.43. The Morgan fingerprint density at radius 1 is 1.29 bits per heavy atom. The molecule has 1 saturated carbocycles. The van der Waals surface area contributed by atoms with E-state index >= 15 is 0 Å². The molecule has 0 bridgehead atoms. The van der Waals surface area contributed by atoms with Gasteiger partial charge in [-0.3, -0.25) is 4.79 Å². The van der Waals surface area contributed by atoms with Crippen molar-refractivity contribution in [3.05, 3.63) is 21.9 Å². The maximum absolute atomic E-state index is 12.9. The Bertz CT molecular complexity index is 797. The minimum Gasteiger partial charge on any atom is -0.465 e. The molecule has 1 heterocycles. The second-order valence-electron chi connectivity index (χ2n) is 7.54. The lowest BCUT2D eigenvalue weighted by Gasteiger charge is -2.35. The molecule has 0 aromatic carbocycles. The molecule has 6 heteroatoms. The Balaban J connectivity index is 1.99. The van der Waals surface area contributed by atoms with Crippen molar-refractivity contribution in [1.82, 2.24) is 0 Å². The normalized spacial score (nSPS) is 22.1. The summed E-state index contributed by atoms with van der Waals surface area (Å²) in [7, 11) is 1.38. The van der Waals surface area contributed by atoms with Gasteiger partial charge in [-0.05, 0) is 63.0 Å². The fraction of sp³-hybridized carbons (Fsp3) is 0.591. The summed E-state index contributed by atoms with van der Waals surface area (Å²) < 4.78 is 5.03. The number of carbonyl (C=O) groups is 2. The number of esters is 1. The lowest BCUT2D eigenvalue weighted by molar-refractivity contribution is -0.118. The van der Waals surface area contributed by atoms with Crippen molar-refractivity contribution in [2.75, 3.05) is 12.0 Å². The Morgan fingerprint density at radius 2 is 2.04 bits per heavy atom. The molecule has 28 heavy (non-hydrogen) atoms. The van der Waals surface area contributed by atoms with Crippen LogP contribution in [0.3, 0.4) is 0 Å². The van der Waals surface area contributed by atoms with Gasteiger partial charge >= 0.3 is 5.97 Å². The molecule has 0 saturated heterocycles. The summed E-state index contributed by atoms with van der Waals surface area (Å²) in [5.41, 5.74) is 1.95. The van der Waals surface area contributed by atoms with Crippen LogP contribution in [0.15, 0.2) is 12.1 Å². The van der Waals surface area contributed by atoms with E-state index in [2.05, 4.69) is 12.1 Å². The lowest BCUT2D eigenvalue weighted by Crippen LogP contribution is -2.42. The smallest absolute Gasteiger partial charge is 0.350 e. The lowest BCUT2D eigenvalue weighted by atomic mass is 9.86. The highest BCUT2D eigenvalue weighted by Crippen LogP contribution is 2.41. The van der Waals surface area contributed by atoms with E-state index in [0.29, 0.717) is 17.0 Å². The number of hydrogen-bond acceptors (Lipinski definition) is 5. The monoisotopic (exact) mass is 400 g/mol. The second-order valence-corrected chi connectivity index (χ2v) is 8.60. The number of thiophene rings is 1. The van der Waals surface area contributed by atoms with E-state index in [1.54, 1.807) is 0 Å². The van der Waals surface area contributed by atoms with Crippen LogP contribution in [0.1, 0.15) is 79.3 Å². The van der Waals surface area contributed by atoms with Gasteiger partial charge in [-0.15, -0.1) is 11.3 Å². The summed E-state index contributed by atoms with van der Waals surface area (Å²) in [6.07, 6.45) is 10.2. The van der Waals surface area contributed by atoms with Crippen molar-refractivity contribution < 1.29 is 14.3 Å². The molecule has 0 N–H and O–H groups in total. The quantitative estimate of drug-likeness (QED) is 0.627. The largest absolute Gasteiger partial charge is 0.465 e. The number of hydrogen-bond donors (Lipinski definition) is 0. The molecule has 1 aromatic heterocycles. The Hall–Kier alpha value is -2.13. The van der Waals surface area contributed by atoms with Crippen LogP contribution in [-0.4, -0.2) is 25.0 Å². The Kier molecular flexibility index (Phi) is 6.90. The highest BCUT2D eigenvalue weighted by atomic mass is 32.1. The summed E-state index contributed by atoms with van der Waals surface area (Å²) in [4.78, 5) is 28.8. The molecule has 150 valence electrons. The fourth-order valence-electron chi connectivity index (χ4n) is 4.19. The number of carbonyl (C=O) groups excluding carboxylic acids is 2. The average Bonchev–Trinajstić information content (AvgIpc) is 3.19. The first-order chi connectivity index (χ1) is 13.6. The average molecular weight is 401 g/mol. The van der Waals surface area contributed by atoms with Crippen molar-refractivity contribution in [2.45, 2.75) is 70.8 Å². The zero-order valence-corrected chi connectivity index (χ0v) is 17.5. The van der Waals surface area contributed by atoms with Crippen LogP contribution in [0.2, 0.25) is 0 Å². The third-order valence-corrected chi connectivity index (χ3v) is 6.95. The molecule has 0 spiro atoms. The minimum atomic E-state index is -0.387. The molecule has 0 aliphatic heterocycles. The number of amides is 1. The van der Waals surface area contributed by atoms with Gasteiger partial charge in [0.05, 0.1) is 18.9 Å². The predicted octanol–water partition coefficient (Wildman–Crippen LogP) is 5.32. The Morgan fingerprint density at radius 3 is 2.61 bits per heavy atom. The van der Waals surface area contributed by atoms with Gasteiger partial charge in [0.2, 0.25) is 5.91 Å². The van der Waals surface area contributed by atoms with Gasteiger partial charge in [0.1, 0.15) is 4.88 Å². The number of rotatable bonds is 5. The summed E-state index contributed by atoms with van der Waals surface area (Å²) in [5.74, 6) is -0.296. The minimum absolute atomic E-state index is 0.0209. The molecule has 1 fully saturated rings. The molecule has 1 aromatic rings. The van der Waals surface area contributed by atoms with Gasteiger partial charge < -0.3 is 9.64 Å². The summed E-state index contributed by atoms with van der Waals surface area (Å²) in [5, 5.41) is 9.19. The molecular formula is C22H28N2O3S. The zero-order chi connectivity index (χ0) is 20.1. The van der Waals surface area contributed by atoms with E-state index in [4.69, 9.17) is 4.74 Å². The van der Waals surface area contributed by atoms with Crippen LogP contribution in [0.4, 0.5) is 5.69 Å². The van der Waals surface area contributed by atoms with E-state index in [0.717, 1.165) is 49.8 Å². The van der Waals surface area contributed by atoms with Crippen molar-refractivity contribution in [2.24, 2.45) is 5.92 Å². The highest BCUT2D eigenvalue weighted by Gasteiger charge is 2.33. The third-order valence-electron chi connectivity index (χ3n) is 5.77. The molecule has 0 unspecified atom stereocenters. The maximum Gasteiger partial charge on any atom is 0.350 e. The van der Waals surface area contributed by atoms with E-state index in [-0.39, 0.29) is 23.8 Å². The molecule has 1 amide bonds. The van der Waals surface area contributed by atoms with Crippen LogP contribution in [0, 0.1) is 17.2 Å². The molecule has 0 radical (unpaired) electrons. The molecule has 5 nitrogen and oxygen atoms in total. The van der Waals surface area contributed by atoms with Crippen molar-refractivity contribution >= 4 is 34.5 Å². The zero-order valence-electron chi connectivity index (χ0n) is 16.7. The van der Waals surface area contributed by atoms with E-state index in [1.165, 1.54) is 30.4 Å². The van der Waals surface area contributed by atoms with Crippen LogP contribution in [0.5, 0.6) is 0 Å². The van der Waals surface area contributed by atoms with Crippen molar-refractivity contribution in [3.8, 4) is 6.07 Å². The third kappa shape index (κ3) is 4.30. The fourth-order valence-corrected chi connectivity index (χ4v) is 5.32. The van der Waals surface area contributed by atoms with Gasteiger partial charge in [-0.25, -0.2) is 4.79 Å². The standard InChI is InChI=1S/C22H28N2O3S/c1-3-20(25)24(17-11-9-15(14-23)10-12-17)18-13-19(16-7-5-4-6-8-16)28-21(18)22(26)27-2/h7,13,15,17H,3-6,8-12H2,1-2H3. The molecule has 0 atom stereocenters. The van der Waals surface area contributed by atoms with Crippen LogP contribution >= 0.6 is 11.3 Å². The number of ether oxygens (including phenoxy) is 1.